The summed E-state index contributed by atoms with van der Waals surface area (Å²) in [6, 6.07) is 7.69. The molecule has 3 N–H and O–H groups in total. The molecule has 1 aromatic carbocycles. The van der Waals surface area contributed by atoms with Crippen LogP contribution in [-0.2, 0) is 0 Å². The van der Waals surface area contributed by atoms with Gasteiger partial charge in [-0.25, -0.2) is 4.98 Å². The molecule has 2 aromatic heterocycles. The summed E-state index contributed by atoms with van der Waals surface area (Å²) in [6.45, 7) is 0. The first-order chi connectivity index (χ1) is 9.67. The number of nitrogens with two attached hydrogens (primary N) is 1. The van der Waals surface area contributed by atoms with Gasteiger partial charge in [-0.15, -0.1) is 11.3 Å². The second-order valence-electron chi connectivity index (χ2n) is 4.04. The van der Waals surface area contributed by atoms with Crippen molar-refractivity contribution in [3.63, 3.8) is 0 Å². The van der Waals surface area contributed by atoms with Gasteiger partial charge in [-0.2, -0.15) is 4.98 Å². The number of anilines is 3. The molecule has 3 rings (SSSR count). The zero-order valence-electron chi connectivity index (χ0n) is 10.6. The summed E-state index contributed by atoms with van der Waals surface area (Å²) in [6.07, 6.45) is 0. The normalized spacial score (nSPS) is 10.7. The lowest BCUT2D eigenvalue weighted by Crippen LogP contribution is -2.00. The molecule has 0 radical (unpaired) electrons. The lowest BCUT2D eigenvalue weighted by Gasteiger charge is -2.09. The van der Waals surface area contributed by atoms with E-state index in [0.717, 1.165) is 26.1 Å². The molecule has 0 fully saturated rings. The van der Waals surface area contributed by atoms with Crippen LogP contribution >= 0.6 is 27.3 Å². The van der Waals surface area contributed by atoms with Crippen LogP contribution in [0.1, 0.15) is 0 Å². The van der Waals surface area contributed by atoms with Crippen LogP contribution < -0.4 is 15.8 Å². The summed E-state index contributed by atoms with van der Waals surface area (Å²) in [4.78, 5) is 9.32. The van der Waals surface area contributed by atoms with Crippen molar-refractivity contribution in [3.8, 4) is 5.75 Å². The Morgan fingerprint density at radius 2 is 2.15 bits per heavy atom. The van der Waals surface area contributed by atoms with Crippen LogP contribution in [0.25, 0.3) is 10.2 Å². The highest BCUT2D eigenvalue weighted by atomic mass is 79.9. The summed E-state index contributed by atoms with van der Waals surface area (Å²) < 4.78 is 6.08. The third kappa shape index (κ3) is 2.41. The molecule has 0 aliphatic carbocycles. The van der Waals surface area contributed by atoms with Crippen molar-refractivity contribution in [1.82, 2.24) is 9.97 Å². The molecule has 2 heterocycles. The topological polar surface area (TPSA) is 73.1 Å². The summed E-state index contributed by atoms with van der Waals surface area (Å²) in [7, 11) is 1.63. The number of aromatic nitrogens is 2. The molecule has 0 bridgehead atoms. The predicted octanol–water partition coefficient (Wildman–Crippen LogP) is 3.79. The summed E-state index contributed by atoms with van der Waals surface area (Å²) in [5, 5.41) is 6.18. The van der Waals surface area contributed by atoms with E-state index in [9.17, 15) is 0 Å². The molecule has 0 unspecified atom stereocenters. The molecule has 0 saturated carbocycles. The van der Waals surface area contributed by atoms with Crippen LogP contribution in [0.4, 0.5) is 17.5 Å². The predicted molar refractivity (Wildman–Crippen MR) is 85.8 cm³/mol. The zero-order chi connectivity index (χ0) is 14.1. The molecule has 20 heavy (non-hydrogen) atoms. The highest BCUT2D eigenvalue weighted by Gasteiger charge is 2.08. The Morgan fingerprint density at radius 3 is 2.90 bits per heavy atom. The minimum absolute atomic E-state index is 0.259. The first kappa shape index (κ1) is 13.1. The summed E-state index contributed by atoms with van der Waals surface area (Å²) in [5.74, 6) is 1.74. The smallest absolute Gasteiger partial charge is 0.223 e. The lowest BCUT2D eigenvalue weighted by atomic mass is 10.3. The van der Waals surface area contributed by atoms with E-state index in [2.05, 4.69) is 31.2 Å². The van der Waals surface area contributed by atoms with E-state index in [0.29, 0.717) is 5.82 Å². The highest BCUT2D eigenvalue weighted by Crippen LogP contribution is 2.31. The number of nitrogen functional groups attached to an aromatic ring is 1. The van der Waals surface area contributed by atoms with E-state index in [4.69, 9.17) is 10.5 Å². The van der Waals surface area contributed by atoms with E-state index in [1.54, 1.807) is 7.11 Å². The number of ether oxygens (including phenoxy) is 1. The first-order valence-electron chi connectivity index (χ1n) is 5.78. The molecule has 0 aliphatic heterocycles. The Morgan fingerprint density at radius 1 is 1.30 bits per heavy atom. The van der Waals surface area contributed by atoms with Gasteiger partial charge in [0, 0.05) is 5.69 Å². The third-order valence-corrected chi connectivity index (χ3v) is 4.18. The van der Waals surface area contributed by atoms with Crippen LogP contribution in [0, 0.1) is 0 Å². The molecule has 5 nitrogen and oxygen atoms in total. The fourth-order valence-electron chi connectivity index (χ4n) is 1.85. The van der Waals surface area contributed by atoms with Gasteiger partial charge in [0.1, 0.15) is 16.4 Å². The second-order valence-corrected chi connectivity index (χ2v) is 5.79. The number of methoxy groups -OCH3 is 1. The van der Waals surface area contributed by atoms with Gasteiger partial charge in [0.25, 0.3) is 0 Å². The average molecular weight is 351 g/mol. The molecule has 0 saturated heterocycles. The zero-order valence-corrected chi connectivity index (χ0v) is 13.0. The molecule has 3 aromatic rings. The van der Waals surface area contributed by atoms with E-state index in [-0.39, 0.29) is 5.95 Å². The Hall–Kier alpha value is -1.86. The second kappa shape index (κ2) is 5.26. The number of nitrogens with one attached hydrogen (secondary N) is 1. The minimum Gasteiger partial charge on any atom is -0.496 e. The van der Waals surface area contributed by atoms with Crippen LogP contribution in [0.3, 0.4) is 0 Å². The van der Waals surface area contributed by atoms with E-state index in [1.807, 2.05) is 29.6 Å². The van der Waals surface area contributed by atoms with Gasteiger partial charge in [-0.1, -0.05) is 0 Å². The molecular weight excluding hydrogens is 340 g/mol. The van der Waals surface area contributed by atoms with Gasteiger partial charge >= 0.3 is 0 Å². The number of hydrogen-bond donors (Lipinski definition) is 2. The summed E-state index contributed by atoms with van der Waals surface area (Å²) >= 11 is 4.99. The van der Waals surface area contributed by atoms with Crippen LogP contribution in [0.2, 0.25) is 0 Å². The standard InChI is InChI=1S/C13H11BrN4OS/c1-19-10-3-2-7(6-9(10)14)16-11-8-4-5-20-12(8)18-13(15)17-11/h2-6H,1H3,(H3,15,16,17,18). The van der Waals surface area contributed by atoms with Crippen molar-refractivity contribution in [1.29, 1.82) is 0 Å². The van der Waals surface area contributed by atoms with Crippen molar-refractivity contribution in [3.05, 3.63) is 34.1 Å². The number of thiophene rings is 1. The fraction of sp³-hybridized carbons (Fsp3) is 0.0769. The Bertz CT molecular complexity index is 774. The van der Waals surface area contributed by atoms with Gasteiger partial charge in [-0.05, 0) is 45.6 Å². The van der Waals surface area contributed by atoms with Gasteiger partial charge < -0.3 is 15.8 Å². The average Bonchev–Trinajstić information content (AvgIpc) is 2.87. The van der Waals surface area contributed by atoms with E-state index < -0.39 is 0 Å². The highest BCUT2D eigenvalue weighted by molar-refractivity contribution is 9.10. The monoisotopic (exact) mass is 350 g/mol. The van der Waals surface area contributed by atoms with Crippen LogP contribution in [-0.4, -0.2) is 17.1 Å². The summed E-state index contributed by atoms with van der Waals surface area (Å²) in [5.41, 5.74) is 6.62. The van der Waals surface area contributed by atoms with Crippen molar-refractivity contribution < 1.29 is 4.74 Å². The maximum absolute atomic E-state index is 5.73. The Labute approximate surface area is 127 Å². The van der Waals surface area contributed by atoms with Crippen molar-refractivity contribution in [2.24, 2.45) is 0 Å². The van der Waals surface area contributed by atoms with Gasteiger partial charge in [0.15, 0.2) is 0 Å². The molecule has 7 heteroatoms. The van der Waals surface area contributed by atoms with Crippen molar-refractivity contribution >= 4 is 54.9 Å². The molecule has 0 amide bonds. The number of benzene rings is 1. The number of nitrogens with zero attached hydrogens (tertiary/aromatic N) is 2. The quantitative estimate of drug-likeness (QED) is 0.751. The number of halogens is 1. The lowest BCUT2D eigenvalue weighted by molar-refractivity contribution is 0.412. The van der Waals surface area contributed by atoms with Crippen LogP contribution in [0.5, 0.6) is 5.75 Å². The number of fused-ring (bicyclic) bond motifs is 1. The Balaban J connectivity index is 2.00. The van der Waals surface area contributed by atoms with Gasteiger partial charge in [-0.3, -0.25) is 0 Å². The molecular formula is C13H11BrN4OS. The van der Waals surface area contributed by atoms with E-state index >= 15 is 0 Å². The molecule has 0 spiro atoms. The van der Waals surface area contributed by atoms with Gasteiger partial charge in [0.2, 0.25) is 5.95 Å². The fourth-order valence-corrected chi connectivity index (χ4v) is 3.16. The SMILES string of the molecule is COc1ccc(Nc2nc(N)nc3sccc23)cc1Br. The maximum Gasteiger partial charge on any atom is 0.223 e. The number of hydrogen-bond acceptors (Lipinski definition) is 6. The van der Waals surface area contributed by atoms with Crippen LogP contribution in [0.15, 0.2) is 34.1 Å². The minimum atomic E-state index is 0.259. The first-order valence-corrected chi connectivity index (χ1v) is 7.46. The Kier molecular flexibility index (Phi) is 3.45. The number of rotatable bonds is 3. The molecule has 102 valence electrons. The molecule has 0 aliphatic rings. The van der Waals surface area contributed by atoms with Gasteiger partial charge in [0.05, 0.1) is 17.0 Å². The van der Waals surface area contributed by atoms with Crippen molar-refractivity contribution in [2.75, 3.05) is 18.2 Å². The maximum atomic E-state index is 5.73. The third-order valence-electron chi connectivity index (χ3n) is 2.76. The van der Waals surface area contributed by atoms with Crippen molar-refractivity contribution in [2.45, 2.75) is 0 Å². The largest absolute Gasteiger partial charge is 0.496 e. The molecule has 0 atom stereocenters. The van der Waals surface area contributed by atoms with E-state index in [1.165, 1.54) is 11.3 Å².